The molecule has 3 N–H and O–H groups in total. The molecule has 3 atom stereocenters. The number of nitrogens with one attached hydrogen (secondary N) is 1. The standard InChI is InChI=1S/C24H25FN4O3S/c25-16-1-8-22-21(13-16)28-24(33-22)32-20-6-4-19(5-7-20)31-10-9-29-17-2-3-18(29)12-15(11-17)14-27-23(26)30/h1,4-10,13,15,17-18H,2-3,11-12,14H2,(H3,26,27,30)/b10-9+/t15?,17-,18?/m1/s1. The number of thiazole rings is 1. The van der Waals surface area contributed by atoms with Gasteiger partial charge in [-0.25, -0.2) is 14.2 Å². The van der Waals surface area contributed by atoms with Gasteiger partial charge in [0.1, 0.15) is 23.6 Å². The van der Waals surface area contributed by atoms with E-state index in [2.05, 4.69) is 15.2 Å². The summed E-state index contributed by atoms with van der Waals surface area (Å²) in [5, 5.41) is 3.21. The third kappa shape index (κ3) is 5.03. The number of ether oxygens (including phenoxy) is 2. The number of hydrogen-bond acceptors (Lipinski definition) is 6. The van der Waals surface area contributed by atoms with E-state index in [1.54, 1.807) is 12.3 Å². The Bertz CT molecular complexity index is 1150. The van der Waals surface area contributed by atoms with Crippen molar-refractivity contribution in [3.63, 3.8) is 0 Å². The fourth-order valence-corrected chi connectivity index (χ4v) is 5.59. The number of carbonyl (C=O) groups excluding carboxylic acids is 1. The molecule has 2 amide bonds. The second kappa shape index (κ2) is 9.27. The maximum absolute atomic E-state index is 13.3. The van der Waals surface area contributed by atoms with Crippen LogP contribution in [0.15, 0.2) is 54.9 Å². The molecule has 0 aliphatic carbocycles. The number of nitrogens with zero attached hydrogens (tertiary/aromatic N) is 2. The molecule has 1 aromatic heterocycles. The fraction of sp³-hybridized carbons (Fsp3) is 0.333. The van der Waals surface area contributed by atoms with Crippen molar-refractivity contribution < 1.29 is 18.7 Å². The summed E-state index contributed by atoms with van der Waals surface area (Å²) in [6.45, 7) is 0.652. The SMILES string of the molecule is NC(=O)NCC1CC2CC[C@H](C1)N2/C=C/Oc1ccc(Oc2nc3cc(F)ccc3s2)cc1. The Kier molecular flexibility index (Phi) is 6.04. The first-order valence-electron chi connectivity index (χ1n) is 11.0. The number of carbonyl (C=O) groups is 1. The number of halogens is 1. The molecule has 9 heteroatoms. The number of amides is 2. The number of primary amides is 1. The van der Waals surface area contributed by atoms with Crippen LogP contribution in [-0.2, 0) is 0 Å². The first kappa shape index (κ1) is 21.5. The lowest BCUT2D eigenvalue weighted by atomic mass is 9.91. The molecular formula is C24H25FN4O3S. The van der Waals surface area contributed by atoms with Gasteiger partial charge in [0.2, 0.25) is 0 Å². The lowest BCUT2D eigenvalue weighted by Gasteiger charge is -2.38. The quantitative estimate of drug-likeness (QED) is 0.477. The van der Waals surface area contributed by atoms with E-state index in [-0.39, 0.29) is 5.82 Å². The van der Waals surface area contributed by atoms with Crippen LogP contribution >= 0.6 is 11.3 Å². The minimum Gasteiger partial charge on any atom is -0.463 e. The van der Waals surface area contributed by atoms with Crippen LogP contribution < -0.4 is 20.5 Å². The van der Waals surface area contributed by atoms with E-state index in [0.717, 1.165) is 30.4 Å². The summed E-state index contributed by atoms with van der Waals surface area (Å²) in [5.41, 5.74) is 5.79. The van der Waals surface area contributed by atoms with E-state index in [4.69, 9.17) is 15.2 Å². The minimum absolute atomic E-state index is 0.314. The minimum atomic E-state index is -0.454. The van der Waals surface area contributed by atoms with Gasteiger partial charge in [0, 0.05) is 30.9 Å². The van der Waals surface area contributed by atoms with E-state index in [0.29, 0.717) is 46.8 Å². The van der Waals surface area contributed by atoms with Crippen LogP contribution in [0.3, 0.4) is 0 Å². The van der Waals surface area contributed by atoms with Crippen molar-refractivity contribution in [3.05, 3.63) is 60.7 Å². The van der Waals surface area contributed by atoms with E-state index in [9.17, 15) is 9.18 Å². The molecule has 7 nitrogen and oxygen atoms in total. The predicted molar refractivity (Wildman–Crippen MR) is 125 cm³/mol. The zero-order chi connectivity index (χ0) is 22.8. The molecule has 2 bridgehead atoms. The number of rotatable bonds is 7. The van der Waals surface area contributed by atoms with Crippen molar-refractivity contribution in [1.29, 1.82) is 0 Å². The van der Waals surface area contributed by atoms with Crippen LogP contribution in [0.5, 0.6) is 16.7 Å². The van der Waals surface area contributed by atoms with Gasteiger partial charge in [0.25, 0.3) is 5.19 Å². The van der Waals surface area contributed by atoms with Crippen LogP contribution in [0.2, 0.25) is 0 Å². The third-order valence-electron chi connectivity index (χ3n) is 6.25. The molecule has 0 spiro atoms. The van der Waals surface area contributed by atoms with Crippen LogP contribution in [0.1, 0.15) is 25.7 Å². The molecule has 2 aliphatic rings. The molecule has 2 fully saturated rings. The van der Waals surface area contributed by atoms with Crippen molar-refractivity contribution in [2.45, 2.75) is 37.8 Å². The van der Waals surface area contributed by atoms with Gasteiger partial charge in [0.15, 0.2) is 0 Å². The average Bonchev–Trinajstić information content (AvgIpc) is 3.29. The van der Waals surface area contributed by atoms with Gasteiger partial charge >= 0.3 is 6.03 Å². The maximum atomic E-state index is 13.3. The number of urea groups is 1. The number of nitrogens with two attached hydrogens (primary N) is 1. The monoisotopic (exact) mass is 468 g/mol. The van der Waals surface area contributed by atoms with Crippen LogP contribution in [0.4, 0.5) is 9.18 Å². The molecule has 2 aromatic carbocycles. The smallest absolute Gasteiger partial charge is 0.312 e. The molecule has 0 radical (unpaired) electrons. The van der Waals surface area contributed by atoms with Crippen molar-refractivity contribution in [2.24, 2.45) is 11.7 Å². The molecule has 2 saturated heterocycles. The van der Waals surface area contributed by atoms with E-state index < -0.39 is 6.03 Å². The largest absolute Gasteiger partial charge is 0.463 e. The topological polar surface area (TPSA) is 89.7 Å². The third-order valence-corrected chi connectivity index (χ3v) is 7.16. The zero-order valence-corrected chi connectivity index (χ0v) is 18.8. The van der Waals surface area contributed by atoms with Crippen LogP contribution in [0.25, 0.3) is 10.2 Å². The van der Waals surface area contributed by atoms with Gasteiger partial charge in [-0.05, 0) is 68.0 Å². The highest BCUT2D eigenvalue weighted by molar-refractivity contribution is 7.20. The lowest BCUT2D eigenvalue weighted by molar-refractivity contribution is 0.153. The first-order valence-corrected chi connectivity index (χ1v) is 11.8. The molecule has 33 heavy (non-hydrogen) atoms. The number of fused-ring (bicyclic) bond motifs is 3. The van der Waals surface area contributed by atoms with E-state index in [1.165, 1.54) is 23.5 Å². The Labute approximate surface area is 195 Å². The second-order valence-corrected chi connectivity index (χ2v) is 9.48. The molecule has 172 valence electrons. The first-order chi connectivity index (χ1) is 16.0. The number of hydrogen-bond donors (Lipinski definition) is 2. The molecule has 3 heterocycles. The Morgan fingerprint density at radius 1 is 1.18 bits per heavy atom. The van der Waals surface area contributed by atoms with Crippen LogP contribution in [0, 0.1) is 11.7 Å². The summed E-state index contributed by atoms with van der Waals surface area (Å²) in [6.07, 6.45) is 8.17. The van der Waals surface area contributed by atoms with Crippen LogP contribution in [-0.4, -0.2) is 34.5 Å². The zero-order valence-electron chi connectivity index (χ0n) is 17.9. The highest BCUT2D eigenvalue weighted by atomic mass is 32.1. The summed E-state index contributed by atoms with van der Waals surface area (Å²) < 4.78 is 25.8. The molecular weight excluding hydrogens is 443 g/mol. The summed E-state index contributed by atoms with van der Waals surface area (Å²) >= 11 is 1.37. The molecule has 5 rings (SSSR count). The summed E-state index contributed by atoms with van der Waals surface area (Å²) in [5.74, 6) is 1.50. The van der Waals surface area contributed by atoms with E-state index in [1.807, 2.05) is 30.5 Å². The highest BCUT2D eigenvalue weighted by Crippen LogP contribution is 2.38. The van der Waals surface area contributed by atoms with Crippen molar-refractivity contribution in [2.75, 3.05) is 6.54 Å². The van der Waals surface area contributed by atoms with Gasteiger partial charge in [-0.3, -0.25) is 0 Å². The Morgan fingerprint density at radius 3 is 2.64 bits per heavy atom. The van der Waals surface area contributed by atoms with Crippen molar-refractivity contribution in [3.8, 4) is 16.7 Å². The number of piperidine rings is 1. The second-order valence-electron chi connectivity index (χ2n) is 8.48. The van der Waals surface area contributed by atoms with Crippen molar-refractivity contribution in [1.82, 2.24) is 15.2 Å². The van der Waals surface area contributed by atoms with Gasteiger partial charge in [-0.2, -0.15) is 0 Å². The van der Waals surface area contributed by atoms with E-state index >= 15 is 0 Å². The number of benzene rings is 2. The Balaban J connectivity index is 1.14. The lowest BCUT2D eigenvalue weighted by Crippen LogP contribution is -2.43. The fourth-order valence-electron chi connectivity index (χ4n) is 4.77. The molecule has 2 unspecified atom stereocenters. The Hall–Kier alpha value is -3.33. The van der Waals surface area contributed by atoms with Gasteiger partial charge in [-0.15, -0.1) is 0 Å². The highest BCUT2D eigenvalue weighted by Gasteiger charge is 2.38. The Morgan fingerprint density at radius 2 is 1.91 bits per heavy atom. The maximum Gasteiger partial charge on any atom is 0.312 e. The summed E-state index contributed by atoms with van der Waals surface area (Å²) in [6, 6.07) is 12.3. The summed E-state index contributed by atoms with van der Waals surface area (Å²) in [7, 11) is 0. The summed E-state index contributed by atoms with van der Waals surface area (Å²) in [4.78, 5) is 17.7. The van der Waals surface area contributed by atoms with Crippen molar-refractivity contribution >= 4 is 27.6 Å². The van der Waals surface area contributed by atoms with Gasteiger partial charge in [-0.1, -0.05) is 11.3 Å². The average molecular weight is 469 g/mol. The predicted octanol–water partition coefficient (Wildman–Crippen LogP) is 4.99. The van der Waals surface area contributed by atoms with Gasteiger partial charge in [0.05, 0.1) is 10.2 Å². The molecule has 0 saturated carbocycles. The van der Waals surface area contributed by atoms with Gasteiger partial charge < -0.3 is 25.4 Å². The number of aromatic nitrogens is 1. The normalized spacial score (nSPS) is 22.1. The molecule has 3 aromatic rings. The molecule has 2 aliphatic heterocycles.